The molecule has 22 heavy (non-hydrogen) atoms. The Kier molecular flexibility index (Phi) is 6.28. The van der Waals surface area contributed by atoms with Crippen LogP contribution >= 0.6 is 0 Å². The molecule has 0 fully saturated rings. The number of hydrogen-bond donors (Lipinski definition) is 2. The van der Waals surface area contributed by atoms with Gasteiger partial charge in [-0.05, 0) is 29.9 Å². The summed E-state index contributed by atoms with van der Waals surface area (Å²) in [4.78, 5) is 23.0. The lowest BCUT2D eigenvalue weighted by Gasteiger charge is -2.18. The van der Waals surface area contributed by atoms with Gasteiger partial charge in [-0.3, -0.25) is 9.59 Å². The number of benzene rings is 1. The van der Waals surface area contributed by atoms with E-state index < -0.39 is 11.8 Å². The van der Waals surface area contributed by atoms with E-state index in [1.807, 2.05) is 38.1 Å². The van der Waals surface area contributed by atoms with E-state index >= 15 is 0 Å². The monoisotopic (exact) mass is 303 g/mol. The van der Waals surface area contributed by atoms with Gasteiger partial charge in [0.05, 0.1) is 6.21 Å². The predicted octanol–water partition coefficient (Wildman–Crippen LogP) is 2.35. The fraction of sp³-hybridized carbons (Fsp3) is 0.471. The average molecular weight is 303 g/mol. The maximum absolute atomic E-state index is 11.5. The molecule has 1 aromatic carbocycles. The number of amides is 2. The largest absolute Gasteiger partial charge is 0.345 e. The Bertz CT molecular complexity index is 542. The number of hydrogen-bond acceptors (Lipinski definition) is 3. The second-order valence-electron chi connectivity index (χ2n) is 6.35. The van der Waals surface area contributed by atoms with Crippen LogP contribution in [0.5, 0.6) is 0 Å². The van der Waals surface area contributed by atoms with Gasteiger partial charge in [0.2, 0.25) is 0 Å². The summed E-state index contributed by atoms with van der Waals surface area (Å²) in [5.74, 6) is -1.43. The lowest BCUT2D eigenvalue weighted by Crippen LogP contribution is -2.41. The van der Waals surface area contributed by atoms with Crippen LogP contribution in [-0.4, -0.2) is 24.1 Å². The minimum absolute atomic E-state index is 0.0350. The molecular weight excluding hydrogens is 278 g/mol. The van der Waals surface area contributed by atoms with Crippen molar-refractivity contribution < 1.29 is 9.59 Å². The van der Waals surface area contributed by atoms with Gasteiger partial charge in [-0.15, -0.1) is 0 Å². The molecule has 0 aromatic heterocycles. The topological polar surface area (TPSA) is 70.6 Å². The number of nitrogens with zero attached hydrogens (tertiary/aromatic N) is 1. The van der Waals surface area contributed by atoms with Gasteiger partial charge in [0, 0.05) is 6.04 Å². The first-order valence-corrected chi connectivity index (χ1v) is 7.48. The van der Waals surface area contributed by atoms with Crippen LogP contribution in [0.15, 0.2) is 29.4 Å². The molecule has 5 heteroatoms. The molecule has 0 aliphatic heterocycles. The van der Waals surface area contributed by atoms with Gasteiger partial charge in [-0.1, -0.05) is 52.0 Å². The fourth-order valence-electron chi connectivity index (χ4n) is 1.68. The smallest absolute Gasteiger partial charge is 0.329 e. The summed E-state index contributed by atoms with van der Waals surface area (Å²) in [6.45, 7) is 10.2. The van der Waals surface area contributed by atoms with Gasteiger partial charge >= 0.3 is 11.8 Å². The van der Waals surface area contributed by atoms with Gasteiger partial charge in [0.1, 0.15) is 0 Å². The van der Waals surface area contributed by atoms with Crippen molar-refractivity contribution in [3.8, 4) is 0 Å². The second-order valence-corrected chi connectivity index (χ2v) is 6.35. The predicted molar refractivity (Wildman–Crippen MR) is 88.8 cm³/mol. The Morgan fingerprint density at radius 1 is 1.18 bits per heavy atom. The highest BCUT2D eigenvalue weighted by Gasteiger charge is 2.14. The van der Waals surface area contributed by atoms with Crippen LogP contribution in [0.25, 0.3) is 0 Å². The molecule has 0 aliphatic carbocycles. The van der Waals surface area contributed by atoms with Gasteiger partial charge in [-0.2, -0.15) is 5.10 Å². The number of carbonyl (C=O) groups is 2. The molecule has 0 heterocycles. The van der Waals surface area contributed by atoms with Crippen LogP contribution in [0.1, 0.15) is 52.2 Å². The van der Waals surface area contributed by atoms with E-state index in [1.54, 1.807) is 0 Å². The highest BCUT2D eigenvalue weighted by atomic mass is 16.2. The molecule has 1 rings (SSSR count). The fourth-order valence-corrected chi connectivity index (χ4v) is 1.68. The zero-order valence-electron chi connectivity index (χ0n) is 13.9. The van der Waals surface area contributed by atoms with Crippen molar-refractivity contribution in [2.45, 2.75) is 52.5 Å². The van der Waals surface area contributed by atoms with Gasteiger partial charge in [-0.25, -0.2) is 5.43 Å². The molecule has 5 nitrogen and oxygen atoms in total. The molecule has 0 saturated heterocycles. The lowest BCUT2D eigenvalue weighted by molar-refractivity contribution is -0.139. The number of carbonyl (C=O) groups excluding carboxylic acids is 2. The van der Waals surface area contributed by atoms with Gasteiger partial charge < -0.3 is 5.32 Å². The molecule has 2 amide bonds. The third kappa shape index (κ3) is 5.68. The normalized spacial score (nSPS) is 13.0. The summed E-state index contributed by atoms with van der Waals surface area (Å²) in [5, 5.41) is 6.38. The summed E-state index contributed by atoms with van der Waals surface area (Å²) in [5.41, 5.74) is 4.40. The van der Waals surface area contributed by atoms with Crippen LogP contribution in [0.3, 0.4) is 0 Å². The van der Waals surface area contributed by atoms with Crippen molar-refractivity contribution in [1.82, 2.24) is 10.7 Å². The van der Waals surface area contributed by atoms with E-state index in [4.69, 9.17) is 0 Å². The Balaban J connectivity index is 2.55. The number of hydrazone groups is 1. The van der Waals surface area contributed by atoms with E-state index in [0.717, 1.165) is 12.0 Å². The van der Waals surface area contributed by atoms with Crippen molar-refractivity contribution >= 4 is 18.0 Å². The van der Waals surface area contributed by atoms with E-state index in [9.17, 15) is 9.59 Å². The van der Waals surface area contributed by atoms with E-state index in [0.29, 0.717) is 0 Å². The average Bonchev–Trinajstić information content (AvgIpc) is 2.46. The molecule has 2 N–H and O–H groups in total. The van der Waals surface area contributed by atoms with Gasteiger partial charge in [0.25, 0.3) is 0 Å². The minimum atomic E-state index is -0.761. The van der Waals surface area contributed by atoms with Crippen molar-refractivity contribution in [1.29, 1.82) is 0 Å². The molecule has 1 aromatic rings. The van der Waals surface area contributed by atoms with Crippen molar-refractivity contribution in [3.63, 3.8) is 0 Å². The second kappa shape index (κ2) is 7.73. The third-order valence-corrected chi connectivity index (χ3v) is 3.35. The number of nitrogens with one attached hydrogen (secondary N) is 2. The highest BCUT2D eigenvalue weighted by Crippen LogP contribution is 2.21. The first kappa shape index (κ1) is 17.9. The van der Waals surface area contributed by atoms with Crippen molar-refractivity contribution in [3.05, 3.63) is 35.4 Å². The molecule has 0 saturated carbocycles. The summed E-state index contributed by atoms with van der Waals surface area (Å²) in [6, 6.07) is 7.87. The third-order valence-electron chi connectivity index (χ3n) is 3.35. The SMILES string of the molecule is CC[C@@H](C)NC(=O)C(=O)N/N=C\c1ccc(C(C)(C)C)cc1. The molecule has 120 valence electrons. The van der Waals surface area contributed by atoms with E-state index in [-0.39, 0.29) is 11.5 Å². The van der Waals surface area contributed by atoms with Gasteiger partial charge in [0.15, 0.2) is 0 Å². The Labute approximate surface area is 132 Å². The minimum Gasteiger partial charge on any atom is -0.345 e. The Morgan fingerprint density at radius 3 is 2.27 bits per heavy atom. The van der Waals surface area contributed by atoms with E-state index in [2.05, 4.69) is 36.6 Å². The first-order valence-electron chi connectivity index (χ1n) is 7.48. The van der Waals surface area contributed by atoms with E-state index in [1.165, 1.54) is 11.8 Å². The maximum atomic E-state index is 11.5. The molecular formula is C17H25N3O2. The Hall–Kier alpha value is -2.17. The molecule has 0 radical (unpaired) electrons. The maximum Gasteiger partial charge on any atom is 0.329 e. The van der Waals surface area contributed by atoms with Crippen LogP contribution in [0.2, 0.25) is 0 Å². The molecule has 1 atom stereocenters. The van der Waals surface area contributed by atoms with Crippen LogP contribution in [0.4, 0.5) is 0 Å². The quantitative estimate of drug-likeness (QED) is 0.509. The van der Waals surface area contributed by atoms with Crippen LogP contribution < -0.4 is 10.7 Å². The zero-order valence-corrected chi connectivity index (χ0v) is 13.9. The summed E-state index contributed by atoms with van der Waals surface area (Å²) in [7, 11) is 0. The molecule has 0 bridgehead atoms. The molecule has 0 aliphatic rings. The summed E-state index contributed by atoms with van der Waals surface area (Å²) < 4.78 is 0. The standard InChI is InChI=1S/C17H25N3O2/c1-6-12(2)19-15(21)16(22)20-18-11-13-7-9-14(10-8-13)17(3,4)5/h7-12H,6H2,1-5H3,(H,19,21)(H,20,22)/b18-11-/t12-/m1/s1. The molecule has 0 unspecified atom stereocenters. The van der Waals surface area contributed by atoms with Crippen LogP contribution in [-0.2, 0) is 15.0 Å². The van der Waals surface area contributed by atoms with Crippen molar-refractivity contribution in [2.75, 3.05) is 0 Å². The summed E-state index contributed by atoms with van der Waals surface area (Å²) in [6.07, 6.45) is 2.28. The summed E-state index contributed by atoms with van der Waals surface area (Å²) >= 11 is 0. The zero-order chi connectivity index (χ0) is 16.8. The first-order chi connectivity index (χ1) is 10.2. The van der Waals surface area contributed by atoms with Crippen LogP contribution in [0, 0.1) is 0 Å². The van der Waals surface area contributed by atoms with Crippen molar-refractivity contribution in [2.24, 2.45) is 5.10 Å². The Morgan fingerprint density at radius 2 is 1.77 bits per heavy atom. The lowest BCUT2D eigenvalue weighted by atomic mass is 9.87. The molecule has 0 spiro atoms. The highest BCUT2D eigenvalue weighted by molar-refractivity contribution is 6.35. The number of rotatable bonds is 4.